The van der Waals surface area contributed by atoms with Crippen molar-refractivity contribution in [2.75, 3.05) is 33.7 Å². The molecule has 0 saturated carbocycles. The van der Waals surface area contributed by atoms with Gasteiger partial charge in [0, 0.05) is 19.3 Å². The highest BCUT2D eigenvalue weighted by Gasteiger charge is 2.40. The summed E-state index contributed by atoms with van der Waals surface area (Å²) >= 11 is 0. The van der Waals surface area contributed by atoms with Crippen LogP contribution in [0.4, 0.5) is 0 Å². The molecule has 0 aliphatic carbocycles. The van der Waals surface area contributed by atoms with Gasteiger partial charge >= 0.3 is 0 Å². The molecule has 2 aliphatic rings. The Balaban J connectivity index is 2.03. The summed E-state index contributed by atoms with van der Waals surface area (Å²) < 4.78 is 0. The Morgan fingerprint density at radius 3 is 2.31 bits per heavy atom. The van der Waals surface area contributed by atoms with Crippen molar-refractivity contribution in [1.82, 2.24) is 9.80 Å². The van der Waals surface area contributed by atoms with Crippen molar-refractivity contribution >= 4 is 0 Å². The third kappa shape index (κ3) is 1.60. The first kappa shape index (κ1) is 9.07. The van der Waals surface area contributed by atoms with Crippen LogP contribution in [-0.4, -0.2) is 43.5 Å². The first-order valence-corrected chi connectivity index (χ1v) is 5.19. The highest BCUT2D eigenvalue weighted by molar-refractivity contribution is 5.09. The Bertz CT molecular complexity index is 214. The van der Waals surface area contributed by atoms with Crippen LogP contribution in [0.1, 0.15) is 19.3 Å². The van der Waals surface area contributed by atoms with Gasteiger partial charge in [0.2, 0.25) is 0 Å². The Morgan fingerprint density at radius 2 is 1.85 bits per heavy atom. The zero-order chi connectivity index (χ0) is 9.47. The number of likely N-dealkylation sites (tertiary alicyclic amines) is 2. The molecule has 0 aromatic heterocycles. The van der Waals surface area contributed by atoms with E-state index >= 15 is 0 Å². The molecule has 2 aliphatic heterocycles. The highest BCUT2D eigenvalue weighted by atomic mass is 15.2. The first-order chi connectivity index (χ1) is 6.11. The second kappa shape index (κ2) is 3.02. The van der Waals surface area contributed by atoms with E-state index in [-0.39, 0.29) is 0 Å². The van der Waals surface area contributed by atoms with E-state index < -0.39 is 0 Å². The molecule has 0 aromatic carbocycles. The maximum absolute atomic E-state index is 4.12. The van der Waals surface area contributed by atoms with Gasteiger partial charge in [-0.3, -0.25) is 0 Å². The van der Waals surface area contributed by atoms with Crippen molar-refractivity contribution < 1.29 is 0 Å². The van der Waals surface area contributed by atoms with Crippen LogP contribution < -0.4 is 0 Å². The molecule has 2 rings (SSSR count). The zero-order valence-electron chi connectivity index (χ0n) is 8.84. The minimum atomic E-state index is 0.582. The normalized spacial score (nSPS) is 28.8. The number of hydrogen-bond donors (Lipinski definition) is 0. The third-order valence-electron chi connectivity index (χ3n) is 3.74. The monoisotopic (exact) mass is 180 g/mol. The fraction of sp³-hybridized carbons (Fsp3) is 0.818. The van der Waals surface area contributed by atoms with Crippen molar-refractivity contribution in [2.24, 2.45) is 5.41 Å². The fourth-order valence-electron chi connectivity index (χ4n) is 2.67. The predicted octanol–water partition coefficient (Wildman–Crippen LogP) is 1.55. The van der Waals surface area contributed by atoms with Gasteiger partial charge in [-0.1, -0.05) is 6.58 Å². The molecule has 0 N–H and O–H groups in total. The lowest BCUT2D eigenvalue weighted by Gasteiger charge is -2.37. The van der Waals surface area contributed by atoms with E-state index in [0.29, 0.717) is 5.41 Å². The molecule has 0 bridgehead atoms. The Hall–Kier alpha value is -0.500. The van der Waals surface area contributed by atoms with Crippen LogP contribution in [0.15, 0.2) is 12.3 Å². The Morgan fingerprint density at radius 1 is 1.23 bits per heavy atom. The molecule has 2 heterocycles. The minimum absolute atomic E-state index is 0.582. The zero-order valence-corrected chi connectivity index (χ0v) is 8.84. The van der Waals surface area contributed by atoms with Crippen LogP contribution in [-0.2, 0) is 0 Å². The van der Waals surface area contributed by atoms with E-state index in [1.807, 2.05) is 0 Å². The van der Waals surface area contributed by atoms with E-state index in [2.05, 4.69) is 30.5 Å². The van der Waals surface area contributed by atoms with Gasteiger partial charge in [0.1, 0.15) is 0 Å². The van der Waals surface area contributed by atoms with Crippen molar-refractivity contribution in [3.8, 4) is 0 Å². The predicted molar refractivity (Wildman–Crippen MR) is 55.6 cm³/mol. The average molecular weight is 180 g/mol. The van der Waals surface area contributed by atoms with Crippen LogP contribution >= 0.6 is 0 Å². The molecule has 1 spiro atoms. The molecule has 0 radical (unpaired) electrons. The highest BCUT2D eigenvalue weighted by Crippen LogP contribution is 2.43. The van der Waals surface area contributed by atoms with Gasteiger partial charge < -0.3 is 9.80 Å². The molecule has 74 valence electrons. The van der Waals surface area contributed by atoms with Crippen LogP contribution in [0.3, 0.4) is 0 Å². The molecule has 0 amide bonds. The molecule has 0 unspecified atom stereocenters. The summed E-state index contributed by atoms with van der Waals surface area (Å²) in [5.74, 6) is 0. The summed E-state index contributed by atoms with van der Waals surface area (Å²) in [6.07, 6.45) is 3.94. The summed E-state index contributed by atoms with van der Waals surface area (Å²) in [5.41, 5.74) is 1.92. The fourth-order valence-corrected chi connectivity index (χ4v) is 2.67. The topological polar surface area (TPSA) is 6.48 Å². The third-order valence-corrected chi connectivity index (χ3v) is 3.74. The molecule has 0 aromatic rings. The summed E-state index contributed by atoms with van der Waals surface area (Å²) in [7, 11) is 4.40. The summed E-state index contributed by atoms with van der Waals surface area (Å²) in [6, 6.07) is 0. The van der Waals surface area contributed by atoms with Crippen LogP contribution in [0.5, 0.6) is 0 Å². The molecule has 2 nitrogen and oxygen atoms in total. The lowest BCUT2D eigenvalue weighted by molar-refractivity contribution is 0.130. The summed E-state index contributed by atoms with van der Waals surface area (Å²) in [6.45, 7) is 7.88. The van der Waals surface area contributed by atoms with Crippen molar-refractivity contribution in [2.45, 2.75) is 19.3 Å². The van der Waals surface area contributed by atoms with E-state index in [9.17, 15) is 0 Å². The molecule has 0 atom stereocenters. The van der Waals surface area contributed by atoms with Gasteiger partial charge in [0.15, 0.2) is 0 Å². The van der Waals surface area contributed by atoms with E-state index in [1.54, 1.807) is 0 Å². The number of nitrogens with zero attached hydrogens (tertiary/aromatic N) is 2. The van der Waals surface area contributed by atoms with E-state index in [0.717, 1.165) is 0 Å². The number of hydrogen-bond acceptors (Lipinski definition) is 2. The van der Waals surface area contributed by atoms with Gasteiger partial charge in [-0.25, -0.2) is 0 Å². The van der Waals surface area contributed by atoms with Crippen LogP contribution in [0.2, 0.25) is 0 Å². The van der Waals surface area contributed by atoms with Gasteiger partial charge in [0.05, 0.1) is 0 Å². The smallest absolute Gasteiger partial charge is 0.0232 e. The molecule has 2 saturated heterocycles. The summed E-state index contributed by atoms with van der Waals surface area (Å²) in [5, 5.41) is 0. The Labute approximate surface area is 81.2 Å². The second-order valence-corrected chi connectivity index (χ2v) is 4.90. The van der Waals surface area contributed by atoms with E-state index in [4.69, 9.17) is 0 Å². The maximum Gasteiger partial charge on any atom is 0.0232 e. The Kier molecular flexibility index (Phi) is 2.11. The maximum atomic E-state index is 4.12. The average Bonchev–Trinajstić information content (AvgIpc) is 2.36. The number of allylic oxidation sites excluding steroid dienone is 1. The number of rotatable bonds is 0. The molecule has 13 heavy (non-hydrogen) atoms. The van der Waals surface area contributed by atoms with Gasteiger partial charge in [0.25, 0.3) is 0 Å². The van der Waals surface area contributed by atoms with Gasteiger partial charge in [-0.05, 0) is 44.8 Å². The van der Waals surface area contributed by atoms with Gasteiger partial charge in [-0.2, -0.15) is 0 Å². The lowest BCUT2D eigenvalue weighted by atomic mass is 9.77. The van der Waals surface area contributed by atoms with E-state index in [1.165, 1.54) is 44.6 Å². The summed E-state index contributed by atoms with van der Waals surface area (Å²) in [4.78, 5) is 4.78. The van der Waals surface area contributed by atoms with Crippen LogP contribution in [0, 0.1) is 5.41 Å². The van der Waals surface area contributed by atoms with Crippen molar-refractivity contribution in [3.63, 3.8) is 0 Å². The number of piperidine rings is 1. The van der Waals surface area contributed by atoms with Gasteiger partial charge in [-0.15, -0.1) is 0 Å². The molecule has 2 heteroatoms. The molecule has 2 fully saturated rings. The lowest BCUT2D eigenvalue weighted by Crippen LogP contribution is -2.39. The second-order valence-electron chi connectivity index (χ2n) is 4.90. The largest absolute Gasteiger partial charge is 0.378 e. The van der Waals surface area contributed by atoms with Crippen molar-refractivity contribution in [1.29, 1.82) is 0 Å². The molecular weight excluding hydrogens is 160 g/mol. The standard InChI is InChI=1S/C11H20N2/c1-10-8-11(9-13(10)3)4-6-12(2)7-5-11/h1,4-9H2,2-3H3. The van der Waals surface area contributed by atoms with Crippen LogP contribution in [0.25, 0.3) is 0 Å². The first-order valence-electron chi connectivity index (χ1n) is 5.19. The van der Waals surface area contributed by atoms with Crippen molar-refractivity contribution in [3.05, 3.63) is 12.3 Å². The minimum Gasteiger partial charge on any atom is -0.378 e. The molecular formula is C11H20N2. The SMILES string of the molecule is C=C1CC2(CCN(C)CC2)CN1C. The quantitative estimate of drug-likeness (QED) is 0.558.